The monoisotopic (exact) mass is 321 g/mol. The van der Waals surface area contributed by atoms with Crippen molar-refractivity contribution >= 4 is 35.0 Å². The van der Waals surface area contributed by atoms with Gasteiger partial charge in [0.25, 0.3) is 0 Å². The van der Waals surface area contributed by atoms with E-state index in [2.05, 4.69) is 0 Å². The van der Waals surface area contributed by atoms with Crippen molar-refractivity contribution in [2.24, 2.45) is 0 Å². The van der Waals surface area contributed by atoms with Crippen LogP contribution in [0.5, 0.6) is 0 Å². The van der Waals surface area contributed by atoms with E-state index in [0.717, 1.165) is 16.2 Å². The van der Waals surface area contributed by atoms with Gasteiger partial charge in [-0.1, -0.05) is 23.7 Å². The summed E-state index contributed by atoms with van der Waals surface area (Å²) in [6.45, 7) is 2.12. The van der Waals surface area contributed by atoms with E-state index in [1.807, 2.05) is 30.3 Å². The van der Waals surface area contributed by atoms with Crippen molar-refractivity contribution in [1.29, 1.82) is 0 Å². The van der Waals surface area contributed by atoms with Crippen LogP contribution < -0.4 is 5.73 Å². The van der Waals surface area contributed by atoms with Gasteiger partial charge in [0, 0.05) is 21.4 Å². The number of hydrogen-bond donors (Lipinski definition) is 1. The minimum Gasteiger partial charge on any atom is -0.462 e. The Morgan fingerprint density at radius 1 is 1.24 bits per heavy atom. The highest BCUT2D eigenvalue weighted by molar-refractivity contribution is 7.98. The van der Waals surface area contributed by atoms with Crippen molar-refractivity contribution in [3.63, 3.8) is 0 Å². The lowest BCUT2D eigenvalue weighted by atomic mass is 10.2. The second-order valence-electron chi connectivity index (χ2n) is 4.39. The summed E-state index contributed by atoms with van der Waals surface area (Å²) in [5, 5.41) is 0.712. The summed E-state index contributed by atoms with van der Waals surface area (Å²) in [5.41, 5.74) is 7.95. The quantitative estimate of drug-likeness (QED) is 0.504. The van der Waals surface area contributed by atoms with E-state index in [1.165, 1.54) is 0 Å². The Morgan fingerprint density at radius 3 is 2.62 bits per heavy atom. The standard InChI is InChI=1S/C16H16ClNO2S/c1-2-20-16(19)14-9-13(18)7-8-15(14)21-10-11-3-5-12(17)6-4-11/h3-9H,2,10,18H2,1H3. The van der Waals surface area contributed by atoms with Crippen LogP contribution >= 0.6 is 23.4 Å². The molecule has 0 amide bonds. The number of rotatable bonds is 5. The van der Waals surface area contributed by atoms with Gasteiger partial charge in [-0.3, -0.25) is 0 Å². The van der Waals surface area contributed by atoms with Crippen LogP contribution in [0.2, 0.25) is 5.02 Å². The molecular formula is C16H16ClNO2S. The Labute approximate surface area is 133 Å². The lowest BCUT2D eigenvalue weighted by molar-refractivity contribution is 0.0522. The van der Waals surface area contributed by atoms with Crippen LogP contribution in [0.3, 0.4) is 0 Å². The summed E-state index contributed by atoms with van der Waals surface area (Å²) in [6, 6.07) is 12.9. The van der Waals surface area contributed by atoms with E-state index in [9.17, 15) is 4.79 Å². The Bertz CT molecular complexity index is 629. The van der Waals surface area contributed by atoms with Gasteiger partial charge < -0.3 is 10.5 Å². The van der Waals surface area contributed by atoms with Crippen molar-refractivity contribution in [1.82, 2.24) is 0 Å². The Balaban J connectivity index is 2.15. The topological polar surface area (TPSA) is 52.3 Å². The maximum Gasteiger partial charge on any atom is 0.339 e. The number of nitrogen functional groups attached to an aromatic ring is 1. The van der Waals surface area contributed by atoms with Gasteiger partial charge in [0.05, 0.1) is 12.2 Å². The molecule has 0 saturated carbocycles. The number of benzene rings is 2. The number of anilines is 1. The first-order chi connectivity index (χ1) is 10.1. The maximum absolute atomic E-state index is 12.0. The molecule has 0 heterocycles. The Morgan fingerprint density at radius 2 is 1.95 bits per heavy atom. The summed E-state index contributed by atoms with van der Waals surface area (Å²) >= 11 is 7.44. The Hall–Kier alpha value is -1.65. The number of carbonyl (C=O) groups excluding carboxylic acids is 1. The van der Waals surface area contributed by atoms with Crippen molar-refractivity contribution in [3.05, 3.63) is 58.6 Å². The molecule has 2 aromatic rings. The van der Waals surface area contributed by atoms with Gasteiger partial charge >= 0.3 is 5.97 Å². The van der Waals surface area contributed by atoms with Gasteiger partial charge in [-0.05, 0) is 42.8 Å². The Kier molecular flexibility index (Phi) is 5.53. The fourth-order valence-electron chi connectivity index (χ4n) is 1.78. The van der Waals surface area contributed by atoms with Crippen LogP contribution in [0.15, 0.2) is 47.4 Å². The summed E-state index contributed by atoms with van der Waals surface area (Å²) in [4.78, 5) is 12.8. The summed E-state index contributed by atoms with van der Waals surface area (Å²) < 4.78 is 5.07. The molecule has 0 atom stereocenters. The third-order valence-electron chi connectivity index (χ3n) is 2.81. The van der Waals surface area contributed by atoms with E-state index in [-0.39, 0.29) is 5.97 Å². The molecule has 21 heavy (non-hydrogen) atoms. The number of thioether (sulfide) groups is 1. The zero-order valence-corrected chi connectivity index (χ0v) is 13.2. The molecule has 5 heteroatoms. The van der Waals surface area contributed by atoms with Gasteiger partial charge in [-0.2, -0.15) is 0 Å². The van der Waals surface area contributed by atoms with E-state index in [1.54, 1.807) is 30.8 Å². The first-order valence-electron chi connectivity index (χ1n) is 6.54. The summed E-state index contributed by atoms with van der Waals surface area (Å²) in [6.07, 6.45) is 0. The minimum atomic E-state index is -0.344. The van der Waals surface area contributed by atoms with Gasteiger partial charge in [0.2, 0.25) is 0 Å². The molecular weight excluding hydrogens is 306 g/mol. The van der Waals surface area contributed by atoms with Gasteiger partial charge in [-0.15, -0.1) is 11.8 Å². The fraction of sp³-hybridized carbons (Fsp3) is 0.188. The largest absolute Gasteiger partial charge is 0.462 e. The van der Waals surface area contributed by atoms with Crippen LogP contribution in [0.1, 0.15) is 22.8 Å². The molecule has 0 unspecified atom stereocenters. The molecule has 0 aliphatic heterocycles. The molecule has 2 aromatic carbocycles. The predicted octanol–water partition coefficient (Wildman–Crippen LogP) is 4.39. The smallest absolute Gasteiger partial charge is 0.339 e. The molecule has 0 radical (unpaired) electrons. The summed E-state index contributed by atoms with van der Waals surface area (Å²) in [5.74, 6) is 0.399. The number of halogens is 1. The molecule has 0 saturated heterocycles. The molecule has 0 aromatic heterocycles. The number of esters is 1. The van der Waals surface area contributed by atoms with E-state index in [4.69, 9.17) is 22.1 Å². The summed E-state index contributed by atoms with van der Waals surface area (Å²) in [7, 11) is 0. The maximum atomic E-state index is 12.0. The first kappa shape index (κ1) is 15.7. The van der Waals surface area contributed by atoms with Crippen molar-refractivity contribution < 1.29 is 9.53 Å². The number of carbonyl (C=O) groups is 1. The zero-order valence-electron chi connectivity index (χ0n) is 11.6. The normalized spacial score (nSPS) is 10.4. The van der Waals surface area contributed by atoms with Crippen molar-refractivity contribution in [2.75, 3.05) is 12.3 Å². The molecule has 0 spiro atoms. The second-order valence-corrected chi connectivity index (χ2v) is 5.84. The molecule has 0 aliphatic rings. The van der Waals surface area contributed by atoms with Gasteiger partial charge in [-0.25, -0.2) is 4.79 Å². The average molecular weight is 322 g/mol. The number of nitrogens with two attached hydrogens (primary N) is 1. The van der Waals surface area contributed by atoms with Gasteiger partial charge in [0.15, 0.2) is 0 Å². The minimum absolute atomic E-state index is 0.342. The van der Waals surface area contributed by atoms with Crippen LogP contribution in [0.4, 0.5) is 5.69 Å². The second kappa shape index (κ2) is 7.38. The third-order valence-corrected chi connectivity index (χ3v) is 4.20. The highest BCUT2D eigenvalue weighted by Crippen LogP contribution is 2.29. The van der Waals surface area contributed by atoms with Crippen molar-refractivity contribution in [2.45, 2.75) is 17.6 Å². The van der Waals surface area contributed by atoms with E-state index >= 15 is 0 Å². The molecule has 3 nitrogen and oxygen atoms in total. The molecule has 0 fully saturated rings. The average Bonchev–Trinajstić information content (AvgIpc) is 2.48. The van der Waals surface area contributed by atoms with E-state index < -0.39 is 0 Å². The van der Waals surface area contributed by atoms with Crippen LogP contribution in [0.25, 0.3) is 0 Å². The predicted molar refractivity (Wildman–Crippen MR) is 87.8 cm³/mol. The highest BCUT2D eigenvalue weighted by atomic mass is 35.5. The fourth-order valence-corrected chi connectivity index (χ4v) is 2.89. The SMILES string of the molecule is CCOC(=O)c1cc(N)ccc1SCc1ccc(Cl)cc1. The number of ether oxygens (including phenoxy) is 1. The van der Waals surface area contributed by atoms with Crippen LogP contribution in [-0.4, -0.2) is 12.6 Å². The molecule has 110 valence electrons. The lowest BCUT2D eigenvalue weighted by Crippen LogP contribution is -2.07. The van der Waals surface area contributed by atoms with Crippen molar-refractivity contribution in [3.8, 4) is 0 Å². The highest BCUT2D eigenvalue weighted by Gasteiger charge is 2.13. The molecule has 2 N–H and O–H groups in total. The lowest BCUT2D eigenvalue weighted by Gasteiger charge is -2.09. The van der Waals surface area contributed by atoms with E-state index in [0.29, 0.717) is 22.9 Å². The molecule has 2 rings (SSSR count). The molecule has 0 aliphatic carbocycles. The number of hydrogen-bond acceptors (Lipinski definition) is 4. The van der Waals surface area contributed by atoms with Gasteiger partial charge in [0.1, 0.15) is 0 Å². The van der Waals surface area contributed by atoms with Crippen LogP contribution in [-0.2, 0) is 10.5 Å². The zero-order chi connectivity index (χ0) is 15.2. The first-order valence-corrected chi connectivity index (χ1v) is 7.90. The third kappa shape index (κ3) is 4.41. The van der Waals surface area contributed by atoms with Crippen LogP contribution in [0, 0.1) is 0 Å². The molecule has 0 bridgehead atoms.